The first-order chi connectivity index (χ1) is 17.6. The Morgan fingerprint density at radius 2 is 1.31 bits per heavy atom. The predicted molar refractivity (Wildman–Crippen MR) is 166 cm³/mol. The Morgan fingerprint density at radius 3 is 1.67 bits per heavy atom. The lowest BCUT2D eigenvalue weighted by Crippen LogP contribution is -2.54. The van der Waals surface area contributed by atoms with E-state index in [-0.39, 0.29) is 45.2 Å². The third-order valence-electron chi connectivity index (χ3n) is 12.2. The van der Waals surface area contributed by atoms with Gasteiger partial charge in [-0.3, -0.25) is 9.59 Å². The first-order valence-corrected chi connectivity index (χ1v) is 15.7. The number of amides is 1. The number of carbonyl (C=O) groups is 2. The SMILES string of the molecule is CCC(C)(C)CC(OC(C)=O)C(C)(CC)C(C)(C)CC(O)C(C)(C)C(C)(CC)CC(NC=O)C(C)(CC)CC. The fourth-order valence-corrected chi connectivity index (χ4v) is 6.40. The molecule has 232 valence electrons. The summed E-state index contributed by atoms with van der Waals surface area (Å²) in [5.74, 6) is -0.245. The number of aliphatic hydroxyl groups excluding tert-OH is 1. The van der Waals surface area contributed by atoms with Gasteiger partial charge in [0.25, 0.3) is 0 Å². The topological polar surface area (TPSA) is 75.6 Å². The highest BCUT2D eigenvalue weighted by molar-refractivity contribution is 5.66. The monoisotopic (exact) mass is 554 g/mol. The maximum absolute atomic E-state index is 12.3. The Hall–Kier alpha value is -1.10. The van der Waals surface area contributed by atoms with Crippen LogP contribution in [0.1, 0.15) is 155 Å². The van der Waals surface area contributed by atoms with Crippen molar-refractivity contribution < 1.29 is 19.4 Å². The van der Waals surface area contributed by atoms with Crippen molar-refractivity contribution in [2.45, 2.75) is 173 Å². The third-order valence-corrected chi connectivity index (χ3v) is 12.2. The number of rotatable bonds is 19. The second-order valence-corrected chi connectivity index (χ2v) is 15.2. The van der Waals surface area contributed by atoms with E-state index in [0.717, 1.165) is 51.4 Å². The van der Waals surface area contributed by atoms with Gasteiger partial charge >= 0.3 is 5.97 Å². The minimum Gasteiger partial charge on any atom is -0.462 e. The number of hydrogen-bond acceptors (Lipinski definition) is 4. The average Bonchev–Trinajstić information content (AvgIpc) is 2.85. The summed E-state index contributed by atoms with van der Waals surface area (Å²) < 4.78 is 6.07. The molecule has 0 aromatic rings. The second-order valence-electron chi connectivity index (χ2n) is 15.2. The molecule has 5 atom stereocenters. The Kier molecular flexibility index (Phi) is 13.8. The van der Waals surface area contributed by atoms with Crippen molar-refractivity contribution in [1.29, 1.82) is 0 Å². The van der Waals surface area contributed by atoms with Gasteiger partial charge in [-0.2, -0.15) is 0 Å². The standard InChI is InChI=1S/C34H67NO4/c1-16-29(7,8)23-28(39-25(6)37)34(15,20-5)30(9,10)22-27(38)31(11,12)33(14,19-4)21-26(35-24-36)32(13,17-2)18-3/h24,26-28,38H,16-23H2,1-15H3,(H,35,36). The lowest BCUT2D eigenvalue weighted by molar-refractivity contribution is -0.169. The van der Waals surface area contributed by atoms with Gasteiger partial charge in [0.15, 0.2) is 0 Å². The summed E-state index contributed by atoms with van der Waals surface area (Å²) in [6.45, 7) is 32.6. The summed E-state index contributed by atoms with van der Waals surface area (Å²) in [7, 11) is 0. The summed E-state index contributed by atoms with van der Waals surface area (Å²) in [5, 5.41) is 15.2. The summed E-state index contributed by atoms with van der Waals surface area (Å²) in [4.78, 5) is 23.9. The van der Waals surface area contributed by atoms with Gasteiger partial charge in [-0.1, -0.05) is 110 Å². The molecule has 0 saturated heterocycles. The summed E-state index contributed by atoms with van der Waals surface area (Å²) in [5.41, 5.74) is -1.23. The van der Waals surface area contributed by atoms with Crippen molar-refractivity contribution in [2.24, 2.45) is 32.5 Å². The Labute approximate surface area is 243 Å². The number of hydrogen-bond donors (Lipinski definition) is 2. The predicted octanol–water partition coefficient (Wildman–Crippen LogP) is 8.71. The van der Waals surface area contributed by atoms with Gasteiger partial charge in [0, 0.05) is 18.4 Å². The molecule has 0 fully saturated rings. The lowest BCUT2D eigenvalue weighted by atomic mass is 9.53. The van der Waals surface area contributed by atoms with Crippen molar-refractivity contribution in [1.82, 2.24) is 5.32 Å². The lowest BCUT2D eigenvalue weighted by Gasteiger charge is -2.55. The number of ether oxygens (including phenoxy) is 1. The van der Waals surface area contributed by atoms with Crippen LogP contribution in [0.25, 0.3) is 0 Å². The molecule has 1 amide bonds. The van der Waals surface area contributed by atoms with E-state index in [4.69, 9.17) is 4.74 Å². The zero-order valence-electron chi connectivity index (χ0n) is 28.6. The molecule has 5 heteroatoms. The quantitative estimate of drug-likeness (QED) is 0.124. The molecule has 0 aliphatic rings. The molecule has 0 bridgehead atoms. The largest absolute Gasteiger partial charge is 0.462 e. The van der Waals surface area contributed by atoms with Crippen LogP contribution in [0.5, 0.6) is 0 Å². The molecule has 0 aromatic carbocycles. The molecular formula is C34H67NO4. The van der Waals surface area contributed by atoms with Crippen molar-refractivity contribution in [2.75, 3.05) is 0 Å². The number of nitrogens with one attached hydrogen (secondary N) is 1. The van der Waals surface area contributed by atoms with Crippen LogP contribution in [0.2, 0.25) is 0 Å². The van der Waals surface area contributed by atoms with E-state index in [1.165, 1.54) is 6.92 Å². The molecule has 0 rings (SSSR count). The van der Waals surface area contributed by atoms with Crippen molar-refractivity contribution >= 4 is 12.4 Å². The van der Waals surface area contributed by atoms with Crippen LogP contribution in [0.15, 0.2) is 0 Å². The molecule has 0 heterocycles. The van der Waals surface area contributed by atoms with E-state index in [1.54, 1.807) is 0 Å². The highest BCUT2D eigenvalue weighted by Gasteiger charge is 2.53. The van der Waals surface area contributed by atoms with Crippen LogP contribution in [-0.2, 0) is 14.3 Å². The third kappa shape index (κ3) is 8.69. The van der Waals surface area contributed by atoms with E-state index in [1.807, 2.05) is 0 Å². The van der Waals surface area contributed by atoms with Gasteiger partial charge in [0.2, 0.25) is 6.41 Å². The Morgan fingerprint density at radius 1 is 0.795 bits per heavy atom. The van der Waals surface area contributed by atoms with Crippen LogP contribution in [0.4, 0.5) is 0 Å². The van der Waals surface area contributed by atoms with Crippen LogP contribution < -0.4 is 5.32 Å². The number of aliphatic hydroxyl groups is 1. The maximum atomic E-state index is 12.3. The molecule has 39 heavy (non-hydrogen) atoms. The molecule has 0 saturated carbocycles. The van der Waals surface area contributed by atoms with E-state index in [0.29, 0.717) is 6.42 Å². The van der Waals surface area contributed by atoms with Crippen molar-refractivity contribution in [3.8, 4) is 0 Å². The minimum atomic E-state index is -0.577. The molecule has 0 aromatic heterocycles. The summed E-state index contributed by atoms with van der Waals surface area (Å²) in [6, 6.07) is 0.0277. The number of carbonyl (C=O) groups excluding carboxylic acids is 2. The van der Waals surface area contributed by atoms with E-state index in [9.17, 15) is 14.7 Å². The number of esters is 1. The van der Waals surface area contributed by atoms with E-state index in [2.05, 4.69) is 102 Å². The van der Waals surface area contributed by atoms with Crippen LogP contribution >= 0.6 is 0 Å². The Balaban J connectivity index is 6.43. The minimum absolute atomic E-state index is 0.0121. The normalized spacial score (nSPS) is 18.9. The molecule has 5 unspecified atom stereocenters. The molecule has 5 nitrogen and oxygen atoms in total. The highest BCUT2D eigenvalue weighted by atomic mass is 16.5. The molecule has 2 N–H and O–H groups in total. The van der Waals surface area contributed by atoms with Gasteiger partial charge in [0.1, 0.15) is 6.10 Å². The first kappa shape index (κ1) is 37.9. The summed E-state index contributed by atoms with van der Waals surface area (Å²) >= 11 is 0. The van der Waals surface area contributed by atoms with Gasteiger partial charge in [-0.25, -0.2) is 0 Å². The zero-order valence-corrected chi connectivity index (χ0v) is 28.6. The van der Waals surface area contributed by atoms with Gasteiger partial charge in [-0.15, -0.1) is 0 Å². The van der Waals surface area contributed by atoms with Crippen LogP contribution in [0.3, 0.4) is 0 Å². The maximum Gasteiger partial charge on any atom is 0.302 e. The zero-order chi connectivity index (χ0) is 31.1. The summed E-state index contributed by atoms with van der Waals surface area (Å²) in [6.07, 6.45) is 6.89. The molecule has 0 aliphatic heterocycles. The molecular weight excluding hydrogens is 486 g/mol. The highest BCUT2D eigenvalue weighted by Crippen LogP contribution is 2.56. The van der Waals surface area contributed by atoms with Crippen molar-refractivity contribution in [3.63, 3.8) is 0 Å². The second kappa shape index (κ2) is 14.2. The van der Waals surface area contributed by atoms with Gasteiger partial charge < -0.3 is 15.2 Å². The van der Waals surface area contributed by atoms with Crippen LogP contribution in [-0.4, -0.2) is 35.7 Å². The smallest absolute Gasteiger partial charge is 0.302 e. The molecule has 0 aliphatic carbocycles. The van der Waals surface area contributed by atoms with Gasteiger partial charge in [-0.05, 0) is 65.6 Å². The van der Waals surface area contributed by atoms with E-state index >= 15 is 0 Å². The fraction of sp³-hybridized carbons (Fsp3) is 0.941. The first-order valence-electron chi connectivity index (χ1n) is 15.7. The molecule has 0 spiro atoms. The average molecular weight is 554 g/mol. The van der Waals surface area contributed by atoms with Crippen LogP contribution in [0, 0.1) is 32.5 Å². The Bertz CT molecular complexity index is 769. The fourth-order valence-electron chi connectivity index (χ4n) is 6.40. The molecule has 0 radical (unpaired) electrons. The van der Waals surface area contributed by atoms with E-state index < -0.39 is 11.5 Å². The van der Waals surface area contributed by atoms with Gasteiger partial charge in [0.05, 0.1) is 6.10 Å². The van der Waals surface area contributed by atoms with Crippen molar-refractivity contribution in [3.05, 3.63) is 0 Å².